The maximum atomic E-state index is 14.0. The normalized spacial score (nSPS) is 35.3. The van der Waals surface area contributed by atoms with Crippen molar-refractivity contribution in [3.8, 4) is 0 Å². The van der Waals surface area contributed by atoms with E-state index < -0.39 is 17.2 Å². The molecule has 5 nitrogen and oxygen atoms in total. The molecule has 5 rings (SSSR count). The van der Waals surface area contributed by atoms with Crippen LogP contribution in [0.1, 0.15) is 69.7 Å². The van der Waals surface area contributed by atoms with Gasteiger partial charge in [0, 0.05) is 43.5 Å². The Bertz CT molecular complexity index is 938. The first-order chi connectivity index (χ1) is 16.6. The Morgan fingerprint density at radius 3 is 2.63 bits per heavy atom. The van der Waals surface area contributed by atoms with E-state index in [2.05, 4.69) is 31.1 Å². The molecule has 2 aliphatic carbocycles. The fourth-order valence-corrected chi connectivity index (χ4v) is 7.32. The predicted molar refractivity (Wildman–Crippen MR) is 126 cm³/mol. The van der Waals surface area contributed by atoms with Crippen molar-refractivity contribution in [1.82, 2.24) is 15.2 Å². The fraction of sp³-hybridized carbons (Fsp3) is 0.778. The zero-order valence-corrected chi connectivity index (χ0v) is 21.0. The summed E-state index contributed by atoms with van der Waals surface area (Å²) >= 11 is 0. The second kappa shape index (κ2) is 9.33. The van der Waals surface area contributed by atoms with Gasteiger partial charge in [-0.3, -0.25) is 9.78 Å². The van der Waals surface area contributed by atoms with Crippen LogP contribution in [-0.4, -0.2) is 47.6 Å². The van der Waals surface area contributed by atoms with Crippen LogP contribution >= 0.6 is 0 Å². The number of alkyl halides is 3. The Morgan fingerprint density at radius 1 is 1.26 bits per heavy atom. The van der Waals surface area contributed by atoms with Gasteiger partial charge in [-0.05, 0) is 67.4 Å². The maximum Gasteiger partial charge on any atom is 0.417 e. The van der Waals surface area contributed by atoms with Crippen molar-refractivity contribution < 1.29 is 22.7 Å². The van der Waals surface area contributed by atoms with Crippen LogP contribution in [0.4, 0.5) is 13.2 Å². The van der Waals surface area contributed by atoms with Gasteiger partial charge in [0.25, 0.3) is 0 Å². The smallest absolute Gasteiger partial charge is 0.381 e. The average molecular weight is 494 g/mol. The molecular weight excluding hydrogens is 455 g/mol. The standard InChI is InChI=1S/C27H38F3N3O2/c1-16(2)26(6-4-22(11-26)32-24-19-8-17(3)9-20(24)15-35-14-19)25(34)33-7-5-23-18(13-33)10-21(12-31-23)27(28,29)30/h10,12,16-17,19-20,22,24,32H,4-9,11,13-15H2,1-3H3/t17?,19?,20?,22-,24?,26+/m1/s1. The quantitative estimate of drug-likeness (QED) is 0.653. The topological polar surface area (TPSA) is 54.5 Å². The van der Waals surface area contributed by atoms with Crippen LogP contribution in [0, 0.1) is 29.1 Å². The minimum absolute atomic E-state index is 0.0978. The molecule has 1 aromatic rings. The van der Waals surface area contributed by atoms with E-state index in [1.165, 1.54) is 18.9 Å². The number of nitrogens with one attached hydrogen (secondary N) is 1. The lowest BCUT2D eigenvalue weighted by Gasteiger charge is -2.46. The van der Waals surface area contributed by atoms with E-state index >= 15 is 0 Å². The molecule has 35 heavy (non-hydrogen) atoms. The number of ether oxygens (including phenoxy) is 1. The van der Waals surface area contributed by atoms with Gasteiger partial charge in [0.2, 0.25) is 5.91 Å². The second-order valence-electron chi connectivity index (χ2n) is 11.9. The number of fused-ring (bicyclic) bond motifs is 3. The number of carbonyl (C=O) groups excluding carboxylic acids is 1. The Labute approximate surface area is 206 Å². The third-order valence-electron chi connectivity index (χ3n) is 9.25. The first-order valence-corrected chi connectivity index (χ1v) is 13.2. The molecule has 2 aliphatic heterocycles. The summed E-state index contributed by atoms with van der Waals surface area (Å²) in [4.78, 5) is 19.8. The summed E-state index contributed by atoms with van der Waals surface area (Å²) in [5.74, 6) is 2.08. The van der Waals surface area contributed by atoms with Crippen molar-refractivity contribution in [1.29, 1.82) is 0 Å². The van der Waals surface area contributed by atoms with Crippen molar-refractivity contribution in [2.45, 2.75) is 84.1 Å². The molecule has 194 valence electrons. The highest BCUT2D eigenvalue weighted by Crippen LogP contribution is 2.48. The number of carbonyl (C=O) groups is 1. The SMILES string of the molecule is CC1CC2COCC(C1)C2N[C@@H]1CC[C@@](C(=O)N2CCc3ncc(C(F)(F)F)cc3C2)(C(C)C)C1. The molecule has 2 saturated carbocycles. The predicted octanol–water partition coefficient (Wildman–Crippen LogP) is 4.83. The van der Waals surface area contributed by atoms with E-state index in [4.69, 9.17) is 4.74 Å². The highest BCUT2D eigenvalue weighted by molar-refractivity contribution is 5.83. The number of halogens is 3. The van der Waals surface area contributed by atoms with Crippen molar-refractivity contribution >= 4 is 5.91 Å². The van der Waals surface area contributed by atoms with Gasteiger partial charge in [-0.2, -0.15) is 13.2 Å². The molecule has 4 aliphatic rings. The minimum atomic E-state index is -4.43. The van der Waals surface area contributed by atoms with Gasteiger partial charge in [0.05, 0.1) is 24.2 Å². The number of hydrogen-bond donors (Lipinski definition) is 1. The van der Waals surface area contributed by atoms with Gasteiger partial charge in [-0.25, -0.2) is 0 Å². The van der Waals surface area contributed by atoms with E-state index in [1.54, 1.807) is 4.90 Å². The highest BCUT2D eigenvalue weighted by Gasteiger charge is 2.51. The van der Waals surface area contributed by atoms with E-state index in [1.807, 2.05) is 0 Å². The van der Waals surface area contributed by atoms with Gasteiger partial charge in [-0.15, -0.1) is 0 Å². The zero-order valence-electron chi connectivity index (χ0n) is 21.0. The van der Waals surface area contributed by atoms with E-state index in [0.717, 1.165) is 44.6 Å². The van der Waals surface area contributed by atoms with E-state index in [0.29, 0.717) is 48.1 Å². The number of nitrogens with zero attached hydrogens (tertiary/aromatic N) is 2. The van der Waals surface area contributed by atoms with Crippen LogP contribution in [0.2, 0.25) is 0 Å². The summed E-state index contributed by atoms with van der Waals surface area (Å²) in [7, 11) is 0. The summed E-state index contributed by atoms with van der Waals surface area (Å²) in [5, 5.41) is 3.96. The van der Waals surface area contributed by atoms with Crippen molar-refractivity contribution in [2.24, 2.45) is 29.1 Å². The van der Waals surface area contributed by atoms with Crippen molar-refractivity contribution in [2.75, 3.05) is 19.8 Å². The molecule has 0 spiro atoms. The fourth-order valence-electron chi connectivity index (χ4n) is 7.32. The second-order valence-corrected chi connectivity index (χ2v) is 11.9. The van der Waals surface area contributed by atoms with Crippen LogP contribution in [-0.2, 0) is 28.7 Å². The molecular formula is C27H38F3N3O2. The Balaban J connectivity index is 1.30. The van der Waals surface area contributed by atoms with Crippen LogP contribution < -0.4 is 5.32 Å². The average Bonchev–Trinajstić information content (AvgIpc) is 3.23. The third kappa shape index (κ3) is 4.73. The molecule has 8 heteroatoms. The van der Waals surface area contributed by atoms with Gasteiger partial charge >= 0.3 is 6.18 Å². The number of rotatable bonds is 4. The molecule has 1 saturated heterocycles. The highest BCUT2D eigenvalue weighted by atomic mass is 19.4. The first kappa shape index (κ1) is 25.0. The monoisotopic (exact) mass is 493 g/mol. The number of amides is 1. The molecule has 1 amide bonds. The maximum absolute atomic E-state index is 14.0. The van der Waals surface area contributed by atoms with Gasteiger partial charge in [0.15, 0.2) is 0 Å². The third-order valence-corrected chi connectivity index (χ3v) is 9.25. The number of aromatic nitrogens is 1. The molecule has 1 N–H and O–H groups in total. The van der Waals surface area contributed by atoms with Gasteiger partial charge in [-0.1, -0.05) is 20.8 Å². The molecule has 3 heterocycles. The van der Waals surface area contributed by atoms with E-state index in [-0.39, 0.29) is 18.4 Å². The summed E-state index contributed by atoms with van der Waals surface area (Å²) in [6, 6.07) is 1.92. The molecule has 4 atom stereocenters. The Kier molecular flexibility index (Phi) is 6.66. The lowest BCUT2D eigenvalue weighted by atomic mass is 9.71. The molecule has 2 unspecified atom stereocenters. The van der Waals surface area contributed by atoms with Gasteiger partial charge in [0.1, 0.15) is 0 Å². The molecule has 1 aromatic heterocycles. The summed E-state index contributed by atoms with van der Waals surface area (Å²) < 4.78 is 45.6. The first-order valence-electron chi connectivity index (χ1n) is 13.2. The lowest BCUT2D eigenvalue weighted by molar-refractivity contribution is -0.146. The van der Waals surface area contributed by atoms with Crippen LogP contribution in [0.5, 0.6) is 0 Å². The Morgan fingerprint density at radius 2 is 1.97 bits per heavy atom. The minimum Gasteiger partial charge on any atom is -0.381 e. The van der Waals surface area contributed by atoms with Crippen molar-refractivity contribution in [3.05, 3.63) is 29.1 Å². The number of hydrogen-bond acceptors (Lipinski definition) is 4. The van der Waals surface area contributed by atoms with E-state index in [9.17, 15) is 18.0 Å². The van der Waals surface area contributed by atoms with Gasteiger partial charge < -0.3 is 15.0 Å². The van der Waals surface area contributed by atoms with Crippen LogP contribution in [0.3, 0.4) is 0 Å². The number of pyridine rings is 1. The molecule has 2 bridgehead atoms. The lowest BCUT2D eigenvalue weighted by Crippen LogP contribution is -2.55. The van der Waals surface area contributed by atoms with Crippen LogP contribution in [0.25, 0.3) is 0 Å². The molecule has 0 radical (unpaired) electrons. The summed E-state index contributed by atoms with van der Waals surface area (Å²) in [6.45, 7) is 8.93. The van der Waals surface area contributed by atoms with Crippen molar-refractivity contribution in [3.63, 3.8) is 0 Å². The summed E-state index contributed by atoms with van der Waals surface area (Å²) in [5.41, 5.74) is -0.0229. The largest absolute Gasteiger partial charge is 0.417 e. The van der Waals surface area contributed by atoms with Crippen LogP contribution in [0.15, 0.2) is 12.3 Å². The molecule has 0 aromatic carbocycles. The summed E-state index contributed by atoms with van der Waals surface area (Å²) in [6.07, 6.45) is 1.93. The Hall–Kier alpha value is -1.67. The zero-order chi connectivity index (χ0) is 25.0. The molecule has 3 fully saturated rings.